The van der Waals surface area contributed by atoms with Crippen molar-refractivity contribution in [1.82, 2.24) is 0 Å². The van der Waals surface area contributed by atoms with Crippen molar-refractivity contribution < 1.29 is 9.52 Å². The molecule has 1 heterocycles. The fourth-order valence-corrected chi connectivity index (χ4v) is 2.15. The fraction of sp³-hybridized carbons (Fsp3) is 0.0909. The maximum atomic E-state index is 10.1. The monoisotopic (exact) mass is 334 g/mol. The molecule has 78 valence electrons. The largest absolute Gasteiger partial charge is 0.472 e. The fourth-order valence-electron chi connectivity index (χ4n) is 1.33. The minimum absolute atomic E-state index is 0.618. The van der Waals surface area contributed by atoms with E-state index in [-0.39, 0.29) is 0 Å². The molecule has 0 aliphatic carbocycles. The number of aliphatic hydroxyl groups is 1. The third-order valence-electron chi connectivity index (χ3n) is 2.11. The minimum atomic E-state index is -0.686. The van der Waals surface area contributed by atoms with Gasteiger partial charge in [0.1, 0.15) is 6.10 Å². The molecule has 0 aliphatic heterocycles. The Balaban J connectivity index is 2.41. The number of furan rings is 1. The van der Waals surface area contributed by atoms with Gasteiger partial charge in [0, 0.05) is 14.2 Å². The van der Waals surface area contributed by atoms with Crippen molar-refractivity contribution in [3.05, 3.63) is 56.5 Å². The van der Waals surface area contributed by atoms with Gasteiger partial charge in [-0.2, -0.15) is 0 Å². The summed E-state index contributed by atoms with van der Waals surface area (Å²) >= 11 is 8.05. The van der Waals surface area contributed by atoms with Crippen LogP contribution in [-0.2, 0) is 0 Å². The van der Waals surface area contributed by atoms with Gasteiger partial charge in [0.25, 0.3) is 0 Å². The lowest BCUT2D eigenvalue weighted by Gasteiger charge is -2.11. The highest BCUT2D eigenvalue weighted by molar-refractivity contribution is 14.1. The average Bonchev–Trinajstić information content (AvgIpc) is 2.74. The summed E-state index contributed by atoms with van der Waals surface area (Å²) in [5.41, 5.74) is 1.53. The molecule has 2 rings (SSSR count). The highest BCUT2D eigenvalue weighted by Gasteiger charge is 2.14. The van der Waals surface area contributed by atoms with Crippen LogP contribution >= 0.6 is 34.2 Å². The van der Waals surface area contributed by atoms with E-state index < -0.39 is 6.10 Å². The predicted octanol–water partition coefficient (Wildman–Crippen LogP) is 3.62. The van der Waals surface area contributed by atoms with E-state index >= 15 is 0 Å². The van der Waals surface area contributed by atoms with Crippen molar-refractivity contribution in [3.63, 3.8) is 0 Å². The van der Waals surface area contributed by atoms with Gasteiger partial charge < -0.3 is 9.52 Å². The summed E-state index contributed by atoms with van der Waals surface area (Å²) in [6, 6.07) is 7.18. The molecule has 1 unspecified atom stereocenters. The Labute approximate surface area is 106 Å². The van der Waals surface area contributed by atoms with Gasteiger partial charge in [-0.3, -0.25) is 0 Å². The van der Waals surface area contributed by atoms with Gasteiger partial charge in [-0.05, 0) is 52.4 Å². The summed E-state index contributed by atoms with van der Waals surface area (Å²) in [4.78, 5) is 0. The Bertz CT molecular complexity index is 454. The summed E-state index contributed by atoms with van der Waals surface area (Å²) in [5.74, 6) is 0. The first-order chi connectivity index (χ1) is 7.18. The van der Waals surface area contributed by atoms with Crippen molar-refractivity contribution in [2.45, 2.75) is 6.10 Å². The molecular formula is C11H8ClIO2. The molecule has 0 saturated carbocycles. The van der Waals surface area contributed by atoms with Crippen LogP contribution < -0.4 is 0 Å². The lowest BCUT2D eigenvalue weighted by atomic mass is 10.0. The van der Waals surface area contributed by atoms with Crippen molar-refractivity contribution in [2.24, 2.45) is 0 Å². The zero-order valence-electron chi connectivity index (χ0n) is 7.65. The molecule has 0 fully saturated rings. The van der Waals surface area contributed by atoms with E-state index in [1.807, 2.05) is 6.07 Å². The van der Waals surface area contributed by atoms with Crippen molar-refractivity contribution in [1.29, 1.82) is 0 Å². The van der Waals surface area contributed by atoms with E-state index in [4.69, 9.17) is 16.0 Å². The Morgan fingerprint density at radius 2 is 2.13 bits per heavy atom. The SMILES string of the molecule is OC(c1ccoc1)c1cc(Cl)ccc1I. The summed E-state index contributed by atoms with van der Waals surface area (Å²) in [5, 5.41) is 10.7. The van der Waals surface area contributed by atoms with Crippen molar-refractivity contribution in [2.75, 3.05) is 0 Å². The Morgan fingerprint density at radius 3 is 2.80 bits per heavy atom. The molecule has 0 saturated heterocycles. The van der Waals surface area contributed by atoms with Crippen LogP contribution in [0.3, 0.4) is 0 Å². The number of benzene rings is 1. The van der Waals surface area contributed by atoms with Crippen LogP contribution in [0.2, 0.25) is 5.02 Å². The second kappa shape index (κ2) is 4.55. The molecule has 2 aromatic rings. The highest BCUT2D eigenvalue weighted by atomic mass is 127. The second-order valence-corrected chi connectivity index (χ2v) is 4.72. The molecule has 2 nitrogen and oxygen atoms in total. The van der Waals surface area contributed by atoms with E-state index in [0.29, 0.717) is 5.02 Å². The summed E-state index contributed by atoms with van der Waals surface area (Å²) in [7, 11) is 0. The molecule has 0 aliphatic rings. The molecule has 0 radical (unpaired) electrons. The molecule has 0 amide bonds. The molecule has 1 aromatic carbocycles. The molecule has 15 heavy (non-hydrogen) atoms. The standard InChI is InChI=1S/C11H8ClIO2/c12-8-1-2-10(13)9(5-8)11(14)7-3-4-15-6-7/h1-6,11,14H. The lowest BCUT2D eigenvalue weighted by Crippen LogP contribution is -2.00. The molecule has 1 atom stereocenters. The van der Waals surface area contributed by atoms with Gasteiger partial charge in [-0.25, -0.2) is 0 Å². The predicted molar refractivity (Wildman–Crippen MR) is 66.9 cm³/mol. The minimum Gasteiger partial charge on any atom is -0.472 e. The topological polar surface area (TPSA) is 33.4 Å². The number of hydrogen-bond acceptors (Lipinski definition) is 2. The third-order valence-corrected chi connectivity index (χ3v) is 3.33. The number of halogens is 2. The lowest BCUT2D eigenvalue weighted by molar-refractivity contribution is 0.218. The first kappa shape index (κ1) is 11.0. The zero-order valence-corrected chi connectivity index (χ0v) is 10.6. The van der Waals surface area contributed by atoms with Gasteiger partial charge in [-0.15, -0.1) is 0 Å². The molecule has 0 spiro atoms. The van der Waals surface area contributed by atoms with Gasteiger partial charge in [0.2, 0.25) is 0 Å². The number of rotatable bonds is 2. The normalized spacial score (nSPS) is 12.7. The van der Waals surface area contributed by atoms with E-state index in [1.54, 1.807) is 18.2 Å². The molecular weight excluding hydrogens is 326 g/mol. The van der Waals surface area contributed by atoms with E-state index in [9.17, 15) is 5.11 Å². The van der Waals surface area contributed by atoms with Crippen LogP contribution in [-0.4, -0.2) is 5.11 Å². The van der Waals surface area contributed by atoms with E-state index in [0.717, 1.165) is 14.7 Å². The van der Waals surface area contributed by atoms with E-state index in [1.165, 1.54) is 12.5 Å². The molecule has 1 aromatic heterocycles. The van der Waals surface area contributed by atoms with Crippen LogP contribution in [0.1, 0.15) is 17.2 Å². The summed E-state index contributed by atoms with van der Waals surface area (Å²) in [6.07, 6.45) is 2.38. The Hall–Kier alpha value is -0.520. The van der Waals surface area contributed by atoms with Crippen LogP contribution in [0.25, 0.3) is 0 Å². The maximum absolute atomic E-state index is 10.1. The summed E-state index contributed by atoms with van der Waals surface area (Å²) in [6.45, 7) is 0. The maximum Gasteiger partial charge on any atom is 0.108 e. The molecule has 1 N–H and O–H groups in total. The Kier molecular flexibility index (Phi) is 3.33. The number of aliphatic hydroxyl groups excluding tert-OH is 1. The highest BCUT2D eigenvalue weighted by Crippen LogP contribution is 2.28. The summed E-state index contributed by atoms with van der Waals surface area (Å²) < 4.78 is 5.91. The van der Waals surface area contributed by atoms with Gasteiger partial charge in [-0.1, -0.05) is 11.6 Å². The van der Waals surface area contributed by atoms with Gasteiger partial charge in [0.15, 0.2) is 0 Å². The Morgan fingerprint density at radius 1 is 1.33 bits per heavy atom. The molecule has 4 heteroatoms. The van der Waals surface area contributed by atoms with E-state index in [2.05, 4.69) is 22.6 Å². The first-order valence-corrected chi connectivity index (χ1v) is 5.79. The molecule has 0 bridgehead atoms. The van der Waals surface area contributed by atoms with Crippen LogP contribution in [0.15, 0.2) is 41.2 Å². The zero-order chi connectivity index (χ0) is 10.8. The van der Waals surface area contributed by atoms with Crippen LogP contribution in [0.5, 0.6) is 0 Å². The van der Waals surface area contributed by atoms with Crippen LogP contribution in [0.4, 0.5) is 0 Å². The van der Waals surface area contributed by atoms with Crippen molar-refractivity contribution in [3.8, 4) is 0 Å². The second-order valence-electron chi connectivity index (χ2n) is 3.13. The quantitative estimate of drug-likeness (QED) is 0.851. The van der Waals surface area contributed by atoms with Gasteiger partial charge in [0.05, 0.1) is 12.5 Å². The van der Waals surface area contributed by atoms with Gasteiger partial charge >= 0.3 is 0 Å². The average molecular weight is 335 g/mol. The first-order valence-electron chi connectivity index (χ1n) is 4.33. The van der Waals surface area contributed by atoms with Crippen molar-refractivity contribution >= 4 is 34.2 Å². The smallest absolute Gasteiger partial charge is 0.108 e. The number of hydrogen-bond donors (Lipinski definition) is 1. The third kappa shape index (κ3) is 2.35. The van der Waals surface area contributed by atoms with Crippen LogP contribution in [0, 0.1) is 3.57 Å².